The number of amides is 3. The van der Waals surface area contributed by atoms with Gasteiger partial charge in [-0.05, 0) is 70.0 Å². The molecular weight excluding hydrogens is 416 g/mol. The molecule has 2 aromatic carbocycles. The summed E-state index contributed by atoms with van der Waals surface area (Å²) in [6.07, 6.45) is 0. The van der Waals surface area contributed by atoms with Gasteiger partial charge in [0, 0.05) is 31.7 Å². The predicted molar refractivity (Wildman–Crippen MR) is 132 cm³/mol. The summed E-state index contributed by atoms with van der Waals surface area (Å²) in [4.78, 5) is 34.1. The van der Waals surface area contributed by atoms with Gasteiger partial charge in [-0.1, -0.05) is 12.1 Å². The van der Waals surface area contributed by atoms with Crippen molar-refractivity contribution in [1.29, 1.82) is 0 Å². The van der Waals surface area contributed by atoms with E-state index in [1.165, 1.54) is 10.6 Å². The van der Waals surface area contributed by atoms with Crippen LogP contribution in [0.25, 0.3) is 0 Å². The van der Waals surface area contributed by atoms with E-state index in [9.17, 15) is 9.59 Å². The quantitative estimate of drug-likeness (QED) is 0.610. The predicted octanol–water partition coefficient (Wildman–Crippen LogP) is 4.42. The molecular formula is C26H34N4O3. The monoisotopic (exact) mass is 450 g/mol. The molecule has 2 heterocycles. The molecule has 0 saturated carbocycles. The number of anilines is 3. The highest BCUT2D eigenvalue weighted by molar-refractivity contribution is 6.20. The third-order valence-electron chi connectivity index (χ3n) is 6.55. The molecule has 7 nitrogen and oxygen atoms in total. The van der Waals surface area contributed by atoms with Gasteiger partial charge in [-0.3, -0.25) is 4.79 Å². The van der Waals surface area contributed by atoms with Crippen molar-refractivity contribution in [2.75, 3.05) is 41.4 Å². The minimum absolute atomic E-state index is 0.0768. The Kier molecular flexibility index (Phi) is 6.23. The number of nitrogens with zero attached hydrogens (tertiary/aromatic N) is 4. The Morgan fingerprint density at radius 1 is 0.879 bits per heavy atom. The Labute approximate surface area is 196 Å². The van der Waals surface area contributed by atoms with Gasteiger partial charge in [0.25, 0.3) is 5.91 Å². The number of fused-ring (bicyclic) bond motifs is 1. The maximum atomic E-state index is 13.3. The fourth-order valence-electron chi connectivity index (χ4n) is 4.76. The van der Waals surface area contributed by atoms with Crippen LogP contribution in [0.15, 0.2) is 36.4 Å². The van der Waals surface area contributed by atoms with Crippen molar-refractivity contribution in [3.8, 4) is 5.75 Å². The number of hydrogen-bond acceptors (Lipinski definition) is 5. The lowest BCUT2D eigenvalue weighted by Crippen LogP contribution is -2.47. The summed E-state index contributed by atoms with van der Waals surface area (Å²) < 4.78 is 5.21. The first-order chi connectivity index (χ1) is 15.7. The lowest BCUT2D eigenvalue weighted by Gasteiger charge is -2.43. The normalized spacial score (nSPS) is 16.4. The first kappa shape index (κ1) is 23.0. The third kappa shape index (κ3) is 4.24. The molecule has 0 N–H and O–H groups in total. The van der Waals surface area contributed by atoms with Crippen LogP contribution in [0.1, 0.15) is 38.8 Å². The van der Waals surface area contributed by atoms with Gasteiger partial charge in [0.05, 0.1) is 24.2 Å². The van der Waals surface area contributed by atoms with Crippen LogP contribution in [0, 0.1) is 6.92 Å². The number of methoxy groups -OCH3 is 1. The summed E-state index contributed by atoms with van der Waals surface area (Å²) >= 11 is 0. The molecule has 0 unspecified atom stereocenters. The average molecular weight is 451 g/mol. The standard InChI is InChI=1S/C26H34N4O3/c1-17(2)28-11-12-29(18(3)4)24-14-22(19(5)13-23(24)28)30-25(31)16-27(26(30)32)15-20-7-9-21(33-6)10-8-20/h7-10,13-14,17-18H,11-12,15-16H2,1-6H3. The number of aryl methyl sites for hydroxylation is 1. The first-order valence-electron chi connectivity index (χ1n) is 11.6. The molecule has 0 bridgehead atoms. The van der Waals surface area contributed by atoms with Crippen LogP contribution in [0.4, 0.5) is 21.9 Å². The molecule has 3 amide bonds. The van der Waals surface area contributed by atoms with Crippen molar-refractivity contribution in [1.82, 2.24) is 4.90 Å². The van der Waals surface area contributed by atoms with Gasteiger partial charge < -0.3 is 19.4 Å². The molecule has 1 fully saturated rings. The van der Waals surface area contributed by atoms with Crippen LogP contribution in [0.2, 0.25) is 0 Å². The van der Waals surface area contributed by atoms with Gasteiger partial charge in [0.1, 0.15) is 12.3 Å². The summed E-state index contributed by atoms with van der Waals surface area (Å²) in [5, 5.41) is 0. The minimum Gasteiger partial charge on any atom is -0.497 e. The van der Waals surface area contributed by atoms with Crippen LogP contribution in [-0.2, 0) is 11.3 Å². The molecule has 2 aromatic rings. The van der Waals surface area contributed by atoms with Gasteiger partial charge >= 0.3 is 6.03 Å². The van der Waals surface area contributed by atoms with E-state index in [4.69, 9.17) is 4.74 Å². The van der Waals surface area contributed by atoms with E-state index in [1.807, 2.05) is 37.3 Å². The van der Waals surface area contributed by atoms with Gasteiger partial charge in [-0.2, -0.15) is 0 Å². The van der Waals surface area contributed by atoms with Gasteiger partial charge in [-0.25, -0.2) is 9.69 Å². The van der Waals surface area contributed by atoms with Gasteiger partial charge in [-0.15, -0.1) is 0 Å². The number of benzene rings is 2. The lowest BCUT2D eigenvalue weighted by atomic mass is 10.0. The maximum absolute atomic E-state index is 13.3. The fraction of sp³-hybridized carbons (Fsp3) is 0.462. The summed E-state index contributed by atoms with van der Waals surface area (Å²) in [5.74, 6) is 0.572. The van der Waals surface area contributed by atoms with E-state index in [0.29, 0.717) is 24.3 Å². The highest BCUT2D eigenvalue weighted by Gasteiger charge is 2.39. The van der Waals surface area contributed by atoms with Crippen LogP contribution in [0.3, 0.4) is 0 Å². The number of hydrogen-bond donors (Lipinski definition) is 0. The van der Waals surface area contributed by atoms with Crippen molar-refractivity contribution in [2.24, 2.45) is 0 Å². The molecule has 1 saturated heterocycles. The van der Waals surface area contributed by atoms with Gasteiger partial charge in [0.2, 0.25) is 0 Å². The zero-order valence-corrected chi connectivity index (χ0v) is 20.5. The van der Waals surface area contributed by atoms with Gasteiger partial charge in [0.15, 0.2) is 0 Å². The molecule has 0 atom stereocenters. The van der Waals surface area contributed by atoms with Crippen LogP contribution < -0.4 is 19.4 Å². The van der Waals surface area contributed by atoms with Crippen molar-refractivity contribution in [3.05, 3.63) is 47.5 Å². The smallest absolute Gasteiger partial charge is 0.332 e. The second-order valence-electron chi connectivity index (χ2n) is 9.42. The highest BCUT2D eigenvalue weighted by Crippen LogP contribution is 2.41. The van der Waals surface area contributed by atoms with E-state index in [-0.39, 0.29) is 18.5 Å². The fourth-order valence-corrected chi connectivity index (χ4v) is 4.76. The number of ether oxygens (including phenoxy) is 1. The first-order valence-corrected chi connectivity index (χ1v) is 11.6. The summed E-state index contributed by atoms with van der Waals surface area (Å²) in [7, 11) is 1.62. The Bertz CT molecular complexity index is 1050. The van der Waals surface area contributed by atoms with E-state index in [2.05, 4.69) is 43.6 Å². The van der Waals surface area contributed by atoms with Crippen molar-refractivity contribution in [3.63, 3.8) is 0 Å². The highest BCUT2D eigenvalue weighted by atomic mass is 16.5. The van der Waals surface area contributed by atoms with Crippen molar-refractivity contribution in [2.45, 2.75) is 53.2 Å². The second-order valence-corrected chi connectivity index (χ2v) is 9.42. The molecule has 2 aliphatic heterocycles. The Hall–Kier alpha value is -3.22. The van der Waals surface area contributed by atoms with E-state index in [0.717, 1.165) is 35.7 Å². The Morgan fingerprint density at radius 3 is 2.00 bits per heavy atom. The lowest BCUT2D eigenvalue weighted by molar-refractivity contribution is -0.116. The molecule has 0 spiro atoms. The number of carbonyl (C=O) groups is 2. The summed E-state index contributed by atoms with van der Waals surface area (Å²) in [6.45, 7) is 13.1. The van der Waals surface area contributed by atoms with Crippen LogP contribution in [-0.4, -0.2) is 55.7 Å². The number of rotatable bonds is 6. The molecule has 0 aromatic heterocycles. The number of imide groups is 1. The van der Waals surface area contributed by atoms with E-state index in [1.54, 1.807) is 12.0 Å². The van der Waals surface area contributed by atoms with Crippen molar-refractivity contribution >= 4 is 29.0 Å². The molecule has 2 aliphatic rings. The molecule has 33 heavy (non-hydrogen) atoms. The molecule has 0 aliphatic carbocycles. The van der Waals surface area contributed by atoms with E-state index >= 15 is 0 Å². The third-order valence-corrected chi connectivity index (χ3v) is 6.55. The number of urea groups is 1. The maximum Gasteiger partial charge on any atom is 0.332 e. The largest absolute Gasteiger partial charge is 0.497 e. The van der Waals surface area contributed by atoms with Crippen LogP contribution >= 0.6 is 0 Å². The molecule has 4 rings (SSSR count). The second kappa shape index (κ2) is 8.96. The molecule has 176 valence electrons. The molecule has 7 heteroatoms. The SMILES string of the molecule is COc1ccc(CN2CC(=O)N(c3cc4c(cc3C)N(C(C)C)CCN4C(C)C)C2=O)cc1. The zero-order valence-electron chi connectivity index (χ0n) is 20.5. The minimum atomic E-state index is -0.272. The number of carbonyl (C=O) groups excluding carboxylic acids is 2. The van der Waals surface area contributed by atoms with Crippen LogP contribution in [0.5, 0.6) is 5.75 Å². The summed E-state index contributed by atoms with van der Waals surface area (Å²) in [5.41, 5.74) is 4.81. The van der Waals surface area contributed by atoms with E-state index < -0.39 is 0 Å². The Morgan fingerprint density at radius 2 is 1.45 bits per heavy atom. The Balaban J connectivity index is 1.66. The average Bonchev–Trinajstić information content (AvgIpc) is 3.05. The molecule has 0 radical (unpaired) electrons. The topological polar surface area (TPSA) is 56.3 Å². The summed E-state index contributed by atoms with van der Waals surface area (Å²) in [6, 6.07) is 12.2. The zero-order chi connectivity index (χ0) is 23.9. The van der Waals surface area contributed by atoms with Crippen molar-refractivity contribution < 1.29 is 14.3 Å².